The molecule has 1 aromatic rings. The number of benzene rings is 1. The standard InChI is InChI=1S/C13H12Br2/c1-2-11(6-3-4-9-14)12-7-5-8-13(15)10-12/h2-10H,1H3/b6-3-,9-4+,11-2+. The van der Waals surface area contributed by atoms with Gasteiger partial charge in [-0.15, -0.1) is 0 Å². The van der Waals surface area contributed by atoms with E-state index >= 15 is 0 Å². The molecule has 0 fully saturated rings. The summed E-state index contributed by atoms with van der Waals surface area (Å²) >= 11 is 6.70. The fourth-order valence-corrected chi connectivity index (χ4v) is 1.80. The van der Waals surface area contributed by atoms with Crippen molar-refractivity contribution in [1.82, 2.24) is 0 Å². The van der Waals surface area contributed by atoms with Gasteiger partial charge in [0.2, 0.25) is 0 Å². The second-order valence-corrected chi connectivity index (χ2v) is 4.38. The van der Waals surface area contributed by atoms with E-state index in [9.17, 15) is 0 Å². The fourth-order valence-electron chi connectivity index (χ4n) is 1.23. The van der Waals surface area contributed by atoms with Crippen LogP contribution in [0.4, 0.5) is 0 Å². The molecule has 15 heavy (non-hydrogen) atoms. The maximum Gasteiger partial charge on any atom is 0.0181 e. The zero-order valence-electron chi connectivity index (χ0n) is 8.45. The van der Waals surface area contributed by atoms with Crippen LogP contribution in [0.3, 0.4) is 0 Å². The summed E-state index contributed by atoms with van der Waals surface area (Å²) in [6.07, 6.45) is 8.13. The Morgan fingerprint density at radius 1 is 1.27 bits per heavy atom. The lowest BCUT2D eigenvalue weighted by atomic mass is 10.1. The molecule has 0 atom stereocenters. The van der Waals surface area contributed by atoms with Crippen LogP contribution in [0, 0.1) is 0 Å². The van der Waals surface area contributed by atoms with Gasteiger partial charge < -0.3 is 0 Å². The third kappa shape index (κ3) is 4.18. The van der Waals surface area contributed by atoms with Crippen molar-refractivity contribution in [1.29, 1.82) is 0 Å². The lowest BCUT2D eigenvalue weighted by Gasteiger charge is -2.01. The molecule has 0 aromatic heterocycles. The van der Waals surface area contributed by atoms with E-state index in [1.165, 1.54) is 11.1 Å². The Hall–Kier alpha value is -0.600. The quantitative estimate of drug-likeness (QED) is 0.659. The van der Waals surface area contributed by atoms with Crippen molar-refractivity contribution in [2.24, 2.45) is 0 Å². The molecule has 0 amide bonds. The minimum atomic E-state index is 1.10. The van der Waals surface area contributed by atoms with Gasteiger partial charge in [0.15, 0.2) is 0 Å². The summed E-state index contributed by atoms with van der Waals surface area (Å²) in [5.74, 6) is 0. The number of halogens is 2. The molecule has 0 aliphatic heterocycles. The van der Waals surface area contributed by atoms with Crippen LogP contribution in [-0.4, -0.2) is 0 Å². The minimum Gasteiger partial charge on any atom is -0.0798 e. The Morgan fingerprint density at radius 2 is 2.07 bits per heavy atom. The molecule has 0 aliphatic carbocycles. The Labute approximate surface area is 108 Å². The SMILES string of the molecule is C\C=C(/C=C\C=C\Br)c1cccc(Br)c1. The van der Waals surface area contributed by atoms with Crippen LogP contribution < -0.4 is 0 Å². The summed E-state index contributed by atoms with van der Waals surface area (Å²) in [6, 6.07) is 8.27. The molecule has 1 rings (SSSR count). The molecule has 1 aromatic carbocycles. The smallest absolute Gasteiger partial charge is 0.0181 e. The van der Waals surface area contributed by atoms with E-state index in [-0.39, 0.29) is 0 Å². The Balaban J connectivity index is 2.94. The molecule has 0 saturated carbocycles. The second-order valence-electron chi connectivity index (χ2n) is 2.93. The molecular weight excluding hydrogens is 316 g/mol. The molecule has 0 unspecified atom stereocenters. The van der Waals surface area contributed by atoms with Crippen molar-refractivity contribution in [3.8, 4) is 0 Å². The van der Waals surface area contributed by atoms with Crippen molar-refractivity contribution in [2.45, 2.75) is 6.92 Å². The van der Waals surface area contributed by atoms with Gasteiger partial charge in [-0.3, -0.25) is 0 Å². The summed E-state index contributed by atoms with van der Waals surface area (Å²) in [7, 11) is 0. The highest BCUT2D eigenvalue weighted by Crippen LogP contribution is 2.20. The first kappa shape index (κ1) is 12.5. The van der Waals surface area contributed by atoms with Crippen molar-refractivity contribution in [3.05, 3.63) is 63.6 Å². The molecule has 0 radical (unpaired) electrons. The van der Waals surface area contributed by atoms with Crippen LogP contribution in [0.15, 0.2) is 58.0 Å². The average Bonchev–Trinajstić information content (AvgIpc) is 2.24. The molecule has 78 valence electrons. The summed E-state index contributed by atoms with van der Waals surface area (Å²) in [5, 5.41) is 0. The van der Waals surface area contributed by atoms with Crippen molar-refractivity contribution in [3.63, 3.8) is 0 Å². The van der Waals surface area contributed by atoms with E-state index in [1.54, 1.807) is 0 Å². The van der Waals surface area contributed by atoms with Gasteiger partial charge in [0.05, 0.1) is 0 Å². The minimum absolute atomic E-state index is 1.10. The van der Waals surface area contributed by atoms with Crippen molar-refractivity contribution >= 4 is 37.4 Å². The normalized spacial score (nSPS) is 12.9. The number of hydrogen-bond donors (Lipinski definition) is 0. The lowest BCUT2D eigenvalue weighted by Crippen LogP contribution is -1.79. The highest BCUT2D eigenvalue weighted by atomic mass is 79.9. The zero-order valence-corrected chi connectivity index (χ0v) is 11.6. The van der Waals surface area contributed by atoms with Gasteiger partial charge in [-0.1, -0.05) is 68.3 Å². The second kappa shape index (κ2) is 6.81. The van der Waals surface area contributed by atoms with Gasteiger partial charge in [-0.05, 0) is 35.2 Å². The van der Waals surface area contributed by atoms with Crippen LogP contribution in [0.2, 0.25) is 0 Å². The van der Waals surface area contributed by atoms with E-state index in [2.05, 4.69) is 56.1 Å². The van der Waals surface area contributed by atoms with Gasteiger partial charge in [0.25, 0.3) is 0 Å². The molecule has 2 heteroatoms. The molecule has 0 bridgehead atoms. The van der Waals surface area contributed by atoms with E-state index in [4.69, 9.17) is 0 Å². The van der Waals surface area contributed by atoms with Gasteiger partial charge in [-0.2, -0.15) is 0 Å². The first-order valence-electron chi connectivity index (χ1n) is 4.63. The summed E-state index contributed by atoms with van der Waals surface area (Å²) < 4.78 is 1.10. The molecule has 0 N–H and O–H groups in total. The highest BCUT2D eigenvalue weighted by Gasteiger charge is 1.96. The third-order valence-electron chi connectivity index (χ3n) is 1.93. The molecule has 0 saturated heterocycles. The Morgan fingerprint density at radius 3 is 2.67 bits per heavy atom. The van der Waals surface area contributed by atoms with E-state index in [1.807, 2.05) is 36.2 Å². The maximum absolute atomic E-state index is 3.47. The van der Waals surface area contributed by atoms with Gasteiger partial charge in [0, 0.05) is 4.47 Å². The van der Waals surface area contributed by atoms with Crippen LogP contribution in [-0.2, 0) is 0 Å². The maximum atomic E-state index is 3.47. The number of hydrogen-bond acceptors (Lipinski definition) is 0. The molecular formula is C13H12Br2. The molecule has 0 spiro atoms. The Bertz CT molecular complexity index is 401. The van der Waals surface area contributed by atoms with Crippen molar-refractivity contribution < 1.29 is 0 Å². The van der Waals surface area contributed by atoms with Crippen LogP contribution in [0.1, 0.15) is 12.5 Å². The molecule has 0 heterocycles. The number of allylic oxidation sites excluding steroid dienone is 5. The topological polar surface area (TPSA) is 0 Å². The summed E-state index contributed by atoms with van der Waals surface area (Å²) in [6.45, 7) is 2.04. The fraction of sp³-hybridized carbons (Fsp3) is 0.0769. The van der Waals surface area contributed by atoms with Crippen LogP contribution >= 0.6 is 31.9 Å². The van der Waals surface area contributed by atoms with Crippen LogP contribution in [0.25, 0.3) is 5.57 Å². The van der Waals surface area contributed by atoms with Crippen molar-refractivity contribution in [2.75, 3.05) is 0 Å². The predicted octanol–water partition coefficient (Wildman–Crippen LogP) is 5.32. The van der Waals surface area contributed by atoms with E-state index in [0.29, 0.717) is 0 Å². The number of rotatable bonds is 3. The highest BCUT2D eigenvalue weighted by molar-refractivity contribution is 9.11. The monoisotopic (exact) mass is 326 g/mol. The average molecular weight is 328 g/mol. The summed E-state index contributed by atoms with van der Waals surface area (Å²) in [5.41, 5.74) is 2.42. The van der Waals surface area contributed by atoms with Gasteiger partial charge in [-0.25, -0.2) is 0 Å². The van der Waals surface area contributed by atoms with Gasteiger partial charge in [0.1, 0.15) is 0 Å². The van der Waals surface area contributed by atoms with E-state index in [0.717, 1.165) is 4.47 Å². The first-order valence-corrected chi connectivity index (χ1v) is 6.34. The largest absolute Gasteiger partial charge is 0.0798 e. The third-order valence-corrected chi connectivity index (χ3v) is 2.73. The van der Waals surface area contributed by atoms with E-state index < -0.39 is 0 Å². The molecule has 0 aliphatic rings. The van der Waals surface area contributed by atoms with Crippen LogP contribution in [0.5, 0.6) is 0 Å². The predicted molar refractivity (Wildman–Crippen MR) is 75.0 cm³/mol. The van der Waals surface area contributed by atoms with Gasteiger partial charge >= 0.3 is 0 Å². The first-order chi connectivity index (χ1) is 7.27. The lowest BCUT2D eigenvalue weighted by molar-refractivity contribution is 1.56. The zero-order chi connectivity index (χ0) is 11.1. The molecule has 0 nitrogen and oxygen atoms in total. The Kier molecular flexibility index (Phi) is 5.66. The summed E-state index contributed by atoms with van der Waals surface area (Å²) in [4.78, 5) is 1.83.